The molecule has 0 spiro atoms. The van der Waals surface area contributed by atoms with E-state index in [0.717, 1.165) is 54.0 Å². The van der Waals surface area contributed by atoms with Crippen LogP contribution < -0.4 is 16.2 Å². The second-order valence-electron chi connectivity index (χ2n) is 9.70. The molecule has 2 aliphatic rings. The van der Waals surface area contributed by atoms with Crippen molar-refractivity contribution in [1.82, 2.24) is 29.6 Å². The van der Waals surface area contributed by atoms with Gasteiger partial charge in [-0.25, -0.2) is 19.3 Å². The molecular weight excluding hydrogens is 471 g/mol. The summed E-state index contributed by atoms with van der Waals surface area (Å²) in [5.74, 6) is 0.385. The third-order valence-corrected chi connectivity index (χ3v) is 6.92. The molecule has 2 N–H and O–H groups in total. The topological polar surface area (TPSA) is 89.7 Å². The fourth-order valence-electron chi connectivity index (χ4n) is 4.64. The highest BCUT2D eigenvalue weighted by Gasteiger charge is 2.40. The summed E-state index contributed by atoms with van der Waals surface area (Å²) < 4.78 is 42.2. The number of benzene rings is 1. The van der Waals surface area contributed by atoms with Gasteiger partial charge in [0.2, 0.25) is 5.95 Å². The Morgan fingerprint density at radius 2 is 1.97 bits per heavy atom. The number of nitrogens with one attached hydrogen (secondary N) is 2. The molecule has 1 fully saturated rings. The van der Waals surface area contributed by atoms with Gasteiger partial charge in [0, 0.05) is 29.5 Å². The SMILES string of the molecule is CC1(c2cccc(-n3c4nc(Nc5ccc6c(c5)CNCC6)ncc4c(=O)n3CC(F)(F)F)n2)CC1. The Hall–Kier alpha value is -3.73. The molecule has 1 aromatic carbocycles. The lowest BCUT2D eigenvalue weighted by Crippen LogP contribution is -2.30. The van der Waals surface area contributed by atoms with Gasteiger partial charge in [-0.15, -0.1) is 0 Å². The lowest BCUT2D eigenvalue weighted by molar-refractivity contribution is -0.144. The molecule has 0 bridgehead atoms. The first-order valence-electron chi connectivity index (χ1n) is 11.8. The number of hydrogen-bond acceptors (Lipinski definition) is 6. The van der Waals surface area contributed by atoms with Gasteiger partial charge in [-0.2, -0.15) is 18.2 Å². The van der Waals surface area contributed by atoms with Crippen LogP contribution in [0, 0.1) is 0 Å². The van der Waals surface area contributed by atoms with E-state index in [1.807, 2.05) is 24.3 Å². The van der Waals surface area contributed by atoms with E-state index >= 15 is 0 Å². The van der Waals surface area contributed by atoms with Gasteiger partial charge in [-0.05, 0) is 61.2 Å². The zero-order valence-electron chi connectivity index (χ0n) is 19.6. The number of aromatic nitrogens is 5. The molecule has 8 nitrogen and oxygen atoms in total. The van der Waals surface area contributed by atoms with Crippen LogP contribution in [0.2, 0.25) is 0 Å². The monoisotopic (exact) mass is 495 g/mol. The molecule has 3 aromatic heterocycles. The van der Waals surface area contributed by atoms with E-state index in [1.54, 1.807) is 12.1 Å². The van der Waals surface area contributed by atoms with Crippen LogP contribution in [0.15, 0.2) is 47.4 Å². The van der Waals surface area contributed by atoms with Crippen LogP contribution in [0.1, 0.15) is 36.6 Å². The molecule has 1 aliphatic carbocycles. The number of alkyl halides is 3. The molecule has 0 amide bonds. The second kappa shape index (κ2) is 8.16. The summed E-state index contributed by atoms with van der Waals surface area (Å²) in [5, 5.41) is 6.45. The van der Waals surface area contributed by atoms with Crippen LogP contribution in [-0.4, -0.2) is 37.0 Å². The summed E-state index contributed by atoms with van der Waals surface area (Å²) in [5.41, 5.74) is 3.10. The average Bonchev–Trinajstić information content (AvgIpc) is 3.55. The van der Waals surface area contributed by atoms with E-state index in [9.17, 15) is 18.0 Å². The summed E-state index contributed by atoms with van der Waals surface area (Å²) in [4.78, 5) is 26.4. The molecule has 0 unspecified atom stereocenters. The molecule has 0 atom stereocenters. The van der Waals surface area contributed by atoms with E-state index in [0.29, 0.717) is 4.68 Å². The van der Waals surface area contributed by atoms with Crippen molar-refractivity contribution in [2.24, 2.45) is 0 Å². The van der Waals surface area contributed by atoms with Crippen LogP contribution in [0.4, 0.5) is 24.8 Å². The summed E-state index contributed by atoms with van der Waals surface area (Å²) in [6.07, 6.45) is -0.484. The van der Waals surface area contributed by atoms with Gasteiger partial charge in [-0.3, -0.25) is 4.79 Å². The van der Waals surface area contributed by atoms with Gasteiger partial charge >= 0.3 is 6.18 Å². The molecule has 4 heterocycles. The van der Waals surface area contributed by atoms with E-state index in [4.69, 9.17) is 0 Å². The molecule has 11 heteroatoms. The van der Waals surface area contributed by atoms with Crippen molar-refractivity contribution >= 4 is 22.7 Å². The number of fused-ring (bicyclic) bond motifs is 2. The number of anilines is 2. The van der Waals surface area contributed by atoms with Gasteiger partial charge in [-0.1, -0.05) is 19.1 Å². The molecule has 1 saturated carbocycles. The van der Waals surface area contributed by atoms with Crippen molar-refractivity contribution < 1.29 is 13.2 Å². The smallest absolute Gasteiger partial charge is 0.324 e. The third-order valence-electron chi connectivity index (χ3n) is 6.92. The number of rotatable bonds is 5. The predicted molar refractivity (Wildman–Crippen MR) is 129 cm³/mol. The van der Waals surface area contributed by atoms with E-state index in [2.05, 4.69) is 32.5 Å². The van der Waals surface area contributed by atoms with Crippen molar-refractivity contribution in [3.8, 4) is 5.82 Å². The fraction of sp³-hybridized carbons (Fsp3) is 0.360. The molecule has 0 saturated heterocycles. The Bertz CT molecular complexity index is 1540. The van der Waals surface area contributed by atoms with Crippen LogP contribution in [0.3, 0.4) is 0 Å². The first-order valence-corrected chi connectivity index (χ1v) is 11.8. The highest BCUT2D eigenvalue weighted by atomic mass is 19.4. The fourth-order valence-corrected chi connectivity index (χ4v) is 4.64. The zero-order valence-corrected chi connectivity index (χ0v) is 19.6. The molecule has 36 heavy (non-hydrogen) atoms. The Morgan fingerprint density at radius 3 is 2.75 bits per heavy atom. The van der Waals surface area contributed by atoms with Crippen molar-refractivity contribution in [1.29, 1.82) is 0 Å². The molecule has 4 aromatic rings. The summed E-state index contributed by atoms with van der Waals surface area (Å²) in [7, 11) is 0. The number of nitrogens with zero attached hydrogens (tertiary/aromatic N) is 5. The molecule has 1 aliphatic heterocycles. The molecule has 0 radical (unpaired) electrons. The van der Waals surface area contributed by atoms with Crippen LogP contribution in [-0.2, 0) is 24.9 Å². The normalized spacial score (nSPS) is 16.7. The first kappa shape index (κ1) is 22.7. The minimum Gasteiger partial charge on any atom is -0.324 e. The van der Waals surface area contributed by atoms with Gasteiger partial charge in [0.15, 0.2) is 11.5 Å². The highest BCUT2D eigenvalue weighted by Crippen LogP contribution is 2.46. The maximum atomic E-state index is 13.5. The van der Waals surface area contributed by atoms with Crippen molar-refractivity contribution in [2.75, 3.05) is 11.9 Å². The summed E-state index contributed by atoms with van der Waals surface area (Å²) in [6.45, 7) is 2.28. The Balaban J connectivity index is 1.47. The van der Waals surface area contributed by atoms with Crippen molar-refractivity contribution in [3.05, 3.63) is 69.8 Å². The zero-order chi connectivity index (χ0) is 25.1. The number of hydrogen-bond donors (Lipinski definition) is 2. The van der Waals surface area contributed by atoms with Crippen molar-refractivity contribution in [3.63, 3.8) is 0 Å². The summed E-state index contributed by atoms with van der Waals surface area (Å²) >= 11 is 0. The van der Waals surface area contributed by atoms with Crippen LogP contribution in [0.5, 0.6) is 0 Å². The first-order chi connectivity index (χ1) is 17.2. The average molecular weight is 496 g/mol. The maximum absolute atomic E-state index is 13.5. The molecule has 186 valence electrons. The minimum atomic E-state index is -4.61. The number of pyridine rings is 1. The lowest BCUT2D eigenvalue weighted by Gasteiger charge is -2.18. The Kier molecular flexibility index (Phi) is 5.15. The standard InChI is InChI=1S/C25H24F3N7O/c1-24(8-9-24)19-3-2-4-20(32-19)35-21-18(22(36)34(35)14-25(26,27)28)13-30-23(33-21)31-17-6-5-15-7-10-29-12-16(15)11-17/h2-6,11,13,29H,7-10,12,14H2,1H3,(H,30,31,33). The molecule has 6 rings (SSSR count). The van der Waals surface area contributed by atoms with E-state index < -0.39 is 18.3 Å². The second-order valence-corrected chi connectivity index (χ2v) is 9.70. The quantitative estimate of drug-likeness (QED) is 0.436. The predicted octanol–water partition coefficient (Wildman–Crippen LogP) is 3.98. The molecular formula is C25H24F3N7O. The van der Waals surface area contributed by atoms with Crippen LogP contribution in [0.25, 0.3) is 16.9 Å². The maximum Gasteiger partial charge on any atom is 0.408 e. The third kappa shape index (κ3) is 4.13. The Morgan fingerprint density at radius 1 is 1.14 bits per heavy atom. The Labute approximate surface area is 204 Å². The number of halogens is 3. The van der Waals surface area contributed by atoms with Gasteiger partial charge in [0.05, 0.1) is 0 Å². The van der Waals surface area contributed by atoms with Gasteiger partial charge in [0.1, 0.15) is 11.9 Å². The van der Waals surface area contributed by atoms with E-state index in [-0.39, 0.29) is 28.2 Å². The van der Waals surface area contributed by atoms with Gasteiger partial charge < -0.3 is 10.6 Å². The lowest BCUT2D eigenvalue weighted by atomic mass is 10.0. The minimum absolute atomic E-state index is 0.00993. The van der Waals surface area contributed by atoms with Crippen LogP contribution >= 0.6 is 0 Å². The van der Waals surface area contributed by atoms with E-state index in [1.165, 1.54) is 11.8 Å². The van der Waals surface area contributed by atoms with Crippen molar-refractivity contribution in [2.45, 2.75) is 50.9 Å². The summed E-state index contributed by atoms with van der Waals surface area (Å²) in [6, 6.07) is 11.2. The highest BCUT2D eigenvalue weighted by molar-refractivity contribution is 5.77. The van der Waals surface area contributed by atoms with Gasteiger partial charge in [0.25, 0.3) is 5.56 Å². The largest absolute Gasteiger partial charge is 0.408 e.